The topological polar surface area (TPSA) is 43.1 Å². The summed E-state index contributed by atoms with van der Waals surface area (Å²) in [4.78, 5) is 10.6. The fourth-order valence-electron chi connectivity index (χ4n) is 1.05. The molecule has 0 aliphatic carbocycles. The molecule has 0 saturated heterocycles. The third kappa shape index (κ3) is 4.73. The molecule has 0 unspecified atom stereocenters. The minimum atomic E-state index is -4.31. The van der Waals surface area contributed by atoms with E-state index in [1.807, 2.05) is 0 Å². The normalized spacial score (nSPS) is 11.4. The van der Waals surface area contributed by atoms with Gasteiger partial charge in [-0.2, -0.15) is 13.2 Å². The van der Waals surface area contributed by atoms with Crippen molar-refractivity contribution in [3.8, 4) is 0 Å². The second kappa shape index (κ2) is 4.57. The quantitative estimate of drug-likeness (QED) is 0.817. The number of rotatable bonds is 3. The molecule has 0 aliphatic rings. The van der Waals surface area contributed by atoms with Gasteiger partial charge in [0.1, 0.15) is 0 Å². The highest BCUT2D eigenvalue weighted by Gasteiger charge is 2.29. The van der Waals surface area contributed by atoms with Crippen LogP contribution in [0.3, 0.4) is 0 Å². The van der Waals surface area contributed by atoms with Gasteiger partial charge in [0, 0.05) is 4.90 Å². The van der Waals surface area contributed by atoms with Crippen molar-refractivity contribution < 1.29 is 18.0 Å². The monoisotopic (exact) mass is 235 g/mol. The van der Waals surface area contributed by atoms with E-state index in [-0.39, 0.29) is 23.1 Å². The van der Waals surface area contributed by atoms with Gasteiger partial charge < -0.3 is 5.73 Å². The van der Waals surface area contributed by atoms with Gasteiger partial charge in [0.15, 0.2) is 0 Å². The van der Waals surface area contributed by atoms with Gasteiger partial charge >= 0.3 is 5.51 Å². The highest BCUT2D eigenvalue weighted by Crippen LogP contribution is 2.36. The van der Waals surface area contributed by atoms with Crippen LogP contribution < -0.4 is 5.73 Å². The minimum absolute atomic E-state index is 0.0493. The average molecular weight is 235 g/mol. The van der Waals surface area contributed by atoms with Crippen LogP contribution in [0.4, 0.5) is 13.2 Å². The number of benzene rings is 1. The van der Waals surface area contributed by atoms with Crippen LogP contribution in [0, 0.1) is 0 Å². The summed E-state index contributed by atoms with van der Waals surface area (Å²) in [6.07, 6.45) is -0.0493. The van der Waals surface area contributed by atoms with E-state index < -0.39 is 11.4 Å². The summed E-state index contributed by atoms with van der Waals surface area (Å²) in [6, 6.07) is 5.67. The standard InChI is InChI=1S/C9H8F3NOS/c10-9(11,12)15-7-3-1-2-6(4-7)5-8(13)14/h1-4H,5H2,(H2,13,14). The Morgan fingerprint density at radius 3 is 2.60 bits per heavy atom. The molecule has 0 spiro atoms. The predicted octanol–water partition coefficient (Wildman–Crippen LogP) is 2.33. The average Bonchev–Trinajstić information content (AvgIpc) is 1.99. The highest BCUT2D eigenvalue weighted by molar-refractivity contribution is 8.00. The first-order chi connectivity index (χ1) is 6.87. The molecule has 15 heavy (non-hydrogen) atoms. The van der Waals surface area contributed by atoms with E-state index in [9.17, 15) is 18.0 Å². The van der Waals surface area contributed by atoms with Crippen molar-refractivity contribution in [1.29, 1.82) is 0 Å². The number of amides is 1. The van der Waals surface area contributed by atoms with Crippen LogP contribution in [0.2, 0.25) is 0 Å². The Morgan fingerprint density at radius 2 is 2.07 bits per heavy atom. The van der Waals surface area contributed by atoms with E-state index in [0.29, 0.717) is 5.56 Å². The Balaban J connectivity index is 2.79. The first-order valence-corrected chi connectivity index (χ1v) is 4.81. The summed E-state index contributed by atoms with van der Waals surface area (Å²) < 4.78 is 36.0. The number of carbonyl (C=O) groups excluding carboxylic acids is 1. The Labute approximate surface area is 88.6 Å². The number of alkyl halides is 3. The molecule has 6 heteroatoms. The molecule has 2 nitrogen and oxygen atoms in total. The summed E-state index contributed by atoms with van der Waals surface area (Å²) >= 11 is -0.210. The largest absolute Gasteiger partial charge is 0.446 e. The summed E-state index contributed by atoms with van der Waals surface area (Å²) in [5, 5.41) is 0. The van der Waals surface area contributed by atoms with E-state index >= 15 is 0 Å². The summed E-state index contributed by atoms with van der Waals surface area (Å²) in [5.41, 5.74) is 1.10. The van der Waals surface area contributed by atoms with Gasteiger partial charge in [-0.15, -0.1) is 0 Å². The first kappa shape index (κ1) is 11.9. The van der Waals surface area contributed by atoms with Gasteiger partial charge in [-0.25, -0.2) is 0 Å². The van der Waals surface area contributed by atoms with Crippen LogP contribution in [-0.4, -0.2) is 11.4 Å². The fourth-order valence-corrected chi connectivity index (χ4v) is 1.68. The lowest BCUT2D eigenvalue weighted by atomic mass is 10.1. The lowest BCUT2D eigenvalue weighted by Gasteiger charge is -2.06. The van der Waals surface area contributed by atoms with Gasteiger partial charge in [-0.3, -0.25) is 4.79 Å². The number of carbonyl (C=O) groups is 1. The van der Waals surface area contributed by atoms with E-state index in [1.165, 1.54) is 18.2 Å². The van der Waals surface area contributed by atoms with Crippen molar-refractivity contribution in [3.05, 3.63) is 29.8 Å². The Bertz CT molecular complexity index is 365. The van der Waals surface area contributed by atoms with Gasteiger partial charge in [-0.05, 0) is 29.5 Å². The third-order valence-electron chi connectivity index (χ3n) is 1.51. The SMILES string of the molecule is NC(=O)Cc1cccc(SC(F)(F)F)c1. The zero-order valence-electron chi connectivity index (χ0n) is 7.54. The second-order valence-corrected chi connectivity index (χ2v) is 3.98. The molecule has 0 aromatic heterocycles. The zero-order chi connectivity index (χ0) is 11.5. The molecule has 1 aromatic carbocycles. The summed E-state index contributed by atoms with van der Waals surface area (Å²) in [5.74, 6) is -0.566. The predicted molar refractivity (Wildman–Crippen MR) is 51.3 cm³/mol. The van der Waals surface area contributed by atoms with Crippen molar-refractivity contribution in [3.63, 3.8) is 0 Å². The van der Waals surface area contributed by atoms with Crippen LogP contribution in [0.25, 0.3) is 0 Å². The van der Waals surface area contributed by atoms with Crippen molar-refractivity contribution >= 4 is 17.7 Å². The Morgan fingerprint density at radius 1 is 1.40 bits per heavy atom. The molecule has 1 rings (SSSR count). The molecule has 0 aliphatic heterocycles. The summed E-state index contributed by atoms with van der Waals surface area (Å²) in [6.45, 7) is 0. The number of halogens is 3. The molecule has 1 amide bonds. The molecular weight excluding hydrogens is 227 g/mol. The molecule has 2 N–H and O–H groups in total. The van der Waals surface area contributed by atoms with E-state index in [0.717, 1.165) is 0 Å². The van der Waals surface area contributed by atoms with Gasteiger partial charge in [0.05, 0.1) is 6.42 Å². The van der Waals surface area contributed by atoms with E-state index in [4.69, 9.17) is 5.73 Å². The molecule has 0 saturated carbocycles. The van der Waals surface area contributed by atoms with Crippen molar-refractivity contribution in [2.45, 2.75) is 16.8 Å². The van der Waals surface area contributed by atoms with Crippen molar-refractivity contribution in [2.24, 2.45) is 5.73 Å². The van der Waals surface area contributed by atoms with Crippen LogP contribution in [0.5, 0.6) is 0 Å². The van der Waals surface area contributed by atoms with Gasteiger partial charge in [-0.1, -0.05) is 12.1 Å². The van der Waals surface area contributed by atoms with Gasteiger partial charge in [0.25, 0.3) is 0 Å². The van der Waals surface area contributed by atoms with Crippen LogP contribution in [-0.2, 0) is 11.2 Å². The van der Waals surface area contributed by atoms with Crippen molar-refractivity contribution in [2.75, 3.05) is 0 Å². The first-order valence-electron chi connectivity index (χ1n) is 4.00. The maximum Gasteiger partial charge on any atom is 0.446 e. The molecule has 0 radical (unpaired) electrons. The third-order valence-corrected chi connectivity index (χ3v) is 2.23. The number of thioether (sulfide) groups is 1. The number of hydrogen-bond donors (Lipinski definition) is 1. The number of hydrogen-bond acceptors (Lipinski definition) is 2. The number of primary amides is 1. The molecule has 1 aromatic rings. The molecule has 0 atom stereocenters. The molecule has 0 bridgehead atoms. The molecule has 0 fully saturated rings. The second-order valence-electron chi connectivity index (χ2n) is 2.84. The molecule has 82 valence electrons. The maximum atomic E-state index is 12.0. The zero-order valence-corrected chi connectivity index (χ0v) is 8.36. The molecule has 0 heterocycles. The Hall–Kier alpha value is -1.17. The van der Waals surface area contributed by atoms with Gasteiger partial charge in [0.2, 0.25) is 5.91 Å². The number of nitrogens with two attached hydrogens (primary N) is 1. The minimum Gasteiger partial charge on any atom is -0.369 e. The van der Waals surface area contributed by atoms with Crippen LogP contribution in [0.1, 0.15) is 5.56 Å². The smallest absolute Gasteiger partial charge is 0.369 e. The lowest BCUT2D eigenvalue weighted by Crippen LogP contribution is -2.13. The van der Waals surface area contributed by atoms with E-state index in [2.05, 4.69) is 0 Å². The fraction of sp³-hybridized carbons (Fsp3) is 0.222. The van der Waals surface area contributed by atoms with E-state index in [1.54, 1.807) is 6.07 Å². The van der Waals surface area contributed by atoms with Crippen molar-refractivity contribution in [1.82, 2.24) is 0 Å². The van der Waals surface area contributed by atoms with Crippen LogP contribution >= 0.6 is 11.8 Å². The van der Waals surface area contributed by atoms with Crippen LogP contribution in [0.15, 0.2) is 29.2 Å². The summed E-state index contributed by atoms with van der Waals surface area (Å²) in [7, 11) is 0. The highest BCUT2D eigenvalue weighted by atomic mass is 32.2. The molecular formula is C9H8F3NOS. The lowest BCUT2D eigenvalue weighted by molar-refractivity contribution is -0.117. The maximum absolute atomic E-state index is 12.0. The Kier molecular flexibility index (Phi) is 3.62.